The second-order valence-corrected chi connectivity index (χ2v) is 17.1. The van der Waals surface area contributed by atoms with Gasteiger partial charge >= 0.3 is 0 Å². The van der Waals surface area contributed by atoms with Crippen LogP contribution < -0.4 is 26.6 Å². The van der Waals surface area contributed by atoms with Crippen molar-refractivity contribution in [3.05, 3.63) is 241 Å². The van der Waals surface area contributed by atoms with Crippen molar-refractivity contribution in [2.45, 2.75) is 207 Å². The first-order valence-electron chi connectivity index (χ1n) is 36.8. The van der Waals surface area contributed by atoms with E-state index >= 15 is 0 Å². The number of anilines is 8. The highest BCUT2D eigenvalue weighted by molar-refractivity contribution is 6.19. The minimum absolute atomic E-state index is 0.798. The molecule has 0 aromatic heterocycles. The summed E-state index contributed by atoms with van der Waals surface area (Å²) >= 11 is 0. The molecule has 0 atom stereocenters. The molecule has 0 aliphatic heterocycles. The molecule has 0 heterocycles. The third-order valence-electron chi connectivity index (χ3n) is 11.4. The molecule has 9 nitrogen and oxygen atoms in total. The quantitative estimate of drug-likeness (QED) is 0.0783. The van der Waals surface area contributed by atoms with Crippen LogP contribution in [-0.4, -0.2) is 50.5 Å². The fourth-order valence-electron chi connectivity index (χ4n) is 7.07. The summed E-state index contributed by atoms with van der Waals surface area (Å²) in [5, 5.41) is 16.3. The van der Waals surface area contributed by atoms with Crippen LogP contribution in [0.4, 0.5) is 56.9 Å². The van der Waals surface area contributed by atoms with Crippen molar-refractivity contribution in [1.29, 1.82) is 0 Å². The molecule has 5 N–H and O–H groups in total. The lowest BCUT2D eigenvalue weighted by molar-refractivity contribution is 1.13. The molecule has 7 aromatic carbocycles. The zero-order valence-corrected chi connectivity index (χ0v) is 67.5. The number of nitrogens with zero attached hydrogens (tertiary/aromatic N) is 4. The smallest absolute Gasteiger partial charge is 0.0638 e. The largest absolute Gasteiger partial charge is 0.388 e. The number of hydrogen-bond donors (Lipinski definition) is 5. The van der Waals surface area contributed by atoms with Gasteiger partial charge < -0.3 is 26.6 Å². The van der Waals surface area contributed by atoms with Gasteiger partial charge in [0.2, 0.25) is 0 Å². The zero-order chi connectivity index (χ0) is 75.6. The second-order valence-electron chi connectivity index (χ2n) is 17.1. The third-order valence-corrected chi connectivity index (χ3v) is 11.4. The summed E-state index contributed by atoms with van der Waals surface area (Å²) in [6, 6.07) is 58.0. The van der Waals surface area contributed by atoms with Crippen LogP contribution in [0.3, 0.4) is 0 Å². The van der Waals surface area contributed by atoms with E-state index in [9.17, 15) is 0 Å². The Morgan fingerprint density at radius 2 is 0.464 bits per heavy atom. The van der Waals surface area contributed by atoms with Gasteiger partial charge in [-0.05, 0) is 210 Å². The summed E-state index contributed by atoms with van der Waals surface area (Å²) in [4.78, 5) is 17.7. The fraction of sp³-hybridized carbons (Fsp3) is 0.386. The van der Waals surface area contributed by atoms with Gasteiger partial charge in [0, 0.05) is 73.2 Å². The van der Waals surface area contributed by atoms with Crippen LogP contribution in [0, 0.1) is 20.8 Å². The maximum Gasteiger partial charge on any atom is 0.0638 e. The van der Waals surface area contributed by atoms with Crippen molar-refractivity contribution >= 4 is 79.7 Å². The zero-order valence-electron chi connectivity index (χ0n) is 67.5. The molecule has 0 saturated heterocycles. The van der Waals surface area contributed by atoms with Gasteiger partial charge in [-0.2, -0.15) is 0 Å². The van der Waals surface area contributed by atoms with E-state index in [4.69, 9.17) is 0 Å². The summed E-state index contributed by atoms with van der Waals surface area (Å²) in [6.45, 7) is 59.3. The van der Waals surface area contributed by atoms with Crippen molar-refractivity contribution in [1.82, 2.24) is 0 Å². The lowest BCUT2D eigenvalue weighted by Crippen LogP contribution is -2.00. The Balaban J connectivity index is -0.000000207. The van der Waals surface area contributed by atoms with Crippen LogP contribution in [0.15, 0.2) is 238 Å². The molecule has 0 bridgehead atoms. The molecule has 9 heteroatoms. The average molecular weight is 1330 g/mol. The van der Waals surface area contributed by atoms with E-state index in [0.717, 1.165) is 87.0 Å². The van der Waals surface area contributed by atoms with E-state index in [1.54, 1.807) is 7.05 Å². The van der Waals surface area contributed by atoms with Crippen molar-refractivity contribution in [2.24, 2.45) is 20.0 Å². The highest BCUT2D eigenvalue weighted by atomic mass is 14.9. The summed E-state index contributed by atoms with van der Waals surface area (Å²) in [5.74, 6) is 0. The van der Waals surface area contributed by atoms with Crippen molar-refractivity contribution in [3.63, 3.8) is 0 Å². The molecule has 0 amide bonds. The number of hydrogen-bond acceptors (Lipinski definition) is 9. The number of nitrogens with one attached hydrogen (secondary N) is 5. The van der Waals surface area contributed by atoms with Gasteiger partial charge in [0.25, 0.3) is 0 Å². The van der Waals surface area contributed by atoms with Crippen molar-refractivity contribution in [2.75, 3.05) is 54.3 Å². The molecule has 0 spiro atoms. The number of aryl methyl sites for hydroxylation is 4. The van der Waals surface area contributed by atoms with E-state index in [0.29, 0.717) is 0 Å². The van der Waals surface area contributed by atoms with Crippen LogP contribution in [0.5, 0.6) is 0 Å². The monoisotopic (exact) mass is 1320 g/mol. The topological polar surface area (TPSA) is 110 Å². The molecule has 7 aromatic rings. The molecule has 538 valence electrons. The van der Waals surface area contributed by atoms with E-state index in [1.807, 2.05) is 284 Å². The van der Waals surface area contributed by atoms with Crippen molar-refractivity contribution in [3.8, 4) is 0 Å². The Kier molecular flexibility index (Phi) is 79.9. The lowest BCUT2D eigenvalue weighted by atomic mass is 10.1. The second kappa shape index (κ2) is 76.2. The SMILES string of the molecule is CC.CC.CC.CC.CC.CC.CC.CC.CC.CC.CC.CC.CCN=C1C=CC(=Nc2ccc(Nc3ccc(CC)cc3)cc2)C=C1.CN=C1C=CC(=Nc2ccc(Nc3ccc(C)cc3)cc2)C=C1.CNc1ccc(C)cc1.CNc1ccc(Nc2ccc(C)cc2)cc1. The first-order valence-corrected chi connectivity index (χ1v) is 36.8. The molecular formula is C88H141N9. The van der Waals surface area contributed by atoms with Crippen molar-refractivity contribution < 1.29 is 0 Å². The van der Waals surface area contributed by atoms with Gasteiger partial charge in [0.1, 0.15) is 0 Å². The molecule has 2 aliphatic carbocycles. The van der Waals surface area contributed by atoms with E-state index < -0.39 is 0 Å². The number of benzene rings is 7. The first kappa shape index (κ1) is 102. The Labute approximate surface area is 598 Å². The maximum atomic E-state index is 4.64. The summed E-state index contributed by atoms with van der Waals surface area (Å²) in [6.07, 6.45) is 16.9. The van der Waals surface area contributed by atoms with Gasteiger partial charge in [-0.15, -0.1) is 0 Å². The maximum absolute atomic E-state index is 4.64. The van der Waals surface area contributed by atoms with Crippen LogP contribution in [-0.2, 0) is 6.42 Å². The number of allylic oxidation sites excluding steroid dienone is 8. The van der Waals surface area contributed by atoms with E-state index in [2.05, 4.69) is 196 Å². The van der Waals surface area contributed by atoms with E-state index in [1.165, 1.54) is 27.9 Å². The molecule has 97 heavy (non-hydrogen) atoms. The van der Waals surface area contributed by atoms with Gasteiger partial charge in [-0.25, -0.2) is 9.98 Å². The normalized spacial score (nSPS) is 9.69. The van der Waals surface area contributed by atoms with Crippen LogP contribution in [0.1, 0.15) is 202 Å². The number of rotatable bonds is 12. The third kappa shape index (κ3) is 50.3. The molecule has 2 aliphatic rings. The van der Waals surface area contributed by atoms with Gasteiger partial charge in [0.15, 0.2) is 0 Å². The highest BCUT2D eigenvalue weighted by Crippen LogP contribution is 2.24. The Morgan fingerprint density at radius 3 is 0.701 bits per heavy atom. The summed E-state index contributed by atoms with van der Waals surface area (Å²) in [5.41, 5.74) is 19.6. The summed E-state index contributed by atoms with van der Waals surface area (Å²) in [7, 11) is 5.62. The lowest BCUT2D eigenvalue weighted by Gasteiger charge is -2.08. The van der Waals surface area contributed by atoms with Gasteiger partial charge in [0.05, 0.1) is 34.2 Å². The van der Waals surface area contributed by atoms with Crippen LogP contribution in [0.2, 0.25) is 0 Å². The standard InChI is InChI=1S/C22H23N3.C20H19N3.C14H16N2.C8H11N.12C2H6/c1-3-17-5-7-19(8-6-17)24-21-13-15-22(16-14-21)25-20-11-9-18(10-12-20)23-4-2;1-15-3-5-17(6-4-15)22-19-11-13-20(14-12-19)23-18-9-7-16(21-2)8-10-18;1-11-3-5-13(6-4-11)16-14-9-7-12(15-2)8-10-14;1-7-3-5-8(9-2)6-4-7;12*1-2/h5-16,24H,3-4H2,1-2H3;3-14,22H,1-2H3;3-10,15-16H,1-2H3;3-6,9H,1-2H3;12*1-2H3. The molecule has 0 unspecified atom stereocenters. The predicted octanol–water partition coefficient (Wildman–Crippen LogP) is 28.8. The minimum Gasteiger partial charge on any atom is -0.388 e. The average Bonchev–Trinajstić information content (AvgIpc) is 1.20. The van der Waals surface area contributed by atoms with Gasteiger partial charge in [-0.1, -0.05) is 238 Å². The van der Waals surface area contributed by atoms with Gasteiger partial charge in [-0.3, -0.25) is 9.98 Å². The first-order chi connectivity index (χ1) is 47.6. The molecular weight excluding hydrogens is 1180 g/mol. The Hall–Kier alpha value is -8.82. The summed E-state index contributed by atoms with van der Waals surface area (Å²) < 4.78 is 0. The minimum atomic E-state index is 0.798. The molecule has 0 radical (unpaired) electrons. The molecule has 0 fully saturated rings. The fourth-order valence-corrected chi connectivity index (χ4v) is 7.07. The Bertz CT molecular complexity index is 3000. The van der Waals surface area contributed by atoms with Crippen LogP contribution in [0.25, 0.3) is 0 Å². The Morgan fingerprint density at radius 1 is 0.258 bits per heavy atom. The molecule has 9 rings (SSSR count). The highest BCUT2D eigenvalue weighted by Gasteiger charge is 2.03. The van der Waals surface area contributed by atoms with E-state index in [-0.39, 0.29) is 0 Å². The van der Waals surface area contributed by atoms with Crippen LogP contribution >= 0.6 is 0 Å². The predicted molar refractivity (Wildman–Crippen MR) is 456 cm³/mol. The number of aliphatic imine (C=N–C) groups is 4. The molecule has 0 saturated carbocycles.